The van der Waals surface area contributed by atoms with Gasteiger partial charge in [-0.05, 0) is 0 Å². The molecule has 1 amide bonds. The van der Waals surface area contributed by atoms with Crippen molar-refractivity contribution in [2.75, 3.05) is 20.7 Å². The average Bonchev–Trinajstić information content (AvgIpc) is 1.77. The first-order valence-electron chi connectivity index (χ1n) is 3.03. The van der Waals surface area contributed by atoms with Crippen molar-refractivity contribution in [3.05, 3.63) is 6.61 Å². The first kappa shape index (κ1) is 7.34. The molecule has 1 radical (unpaired) electrons. The molecule has 0 N–H and O–H groups in total. The Morgan fingerprint density at radius 2 is 2.40 bits per heavy atom. The molecule has 0 bridgehead atoms. The van der Waals surface area contributed by atoms with Crippen molar-refractivity contribution < 1.29 is 14.3 Å². The summed E-state index contributed by atoms with van der Waals surface area (Å²) >= 11 is 0. The Labute approximate surface area is 59.7 Å². The van der Waals surface area contributed by atoms with Crippen molar-refractivity contribution in [1.82, 2.24) is 4.90 Å². The van der Waals surface area contributed by atoms with Gasteiger partial charge in [0, 0.05) is 14.1 Å². The highest BCUT2D eigenvalue weighted by Gasteiger charge is 2.23. The van der Waals surface area contributed by atoms with Crippen LogP contribution in [-0.4, -0.2) is 37.8 Å². The van der Waals surface area contributed by atoms with E-state index in [0.29, 0.717) is 6.61 Å². The zero-order valence-electron chi connectivity index (χ0n) is 6.03. The van der Waals surface area contributed by atoms with Gasteiger partial charge < -0.3 is 14.4 Å². The molecule has 0 spiro atoms. The lowest BCUT2D eigenvalue weighted by Gasteiger charge is -2.26. The molecule has 1 atom stereocenters. The second-order valence-corrected chi connectivity index (χ2v) is 2.29. The van der Waals surface area contributed by atoms with Gasteiger partial charge in [-0.2, -0.15) is 0 Å². The Hall–Kier alpha value is -0.770. The molecule has 1 unspecified atom stereocenters. The molecule has 1 aliphatic rings. The third kappa shape index (κ3) is 1.60. The van der Waals surface area contributed by atoms with Crippen LogP contribution in [0, 0.1) is 6.61 Å². The monoisotopic (exact) mass is 144 g/mol. The van der Waals surface area contributed by atoms with Crippen molar-refractivity contribution >= 4 is 6.09 Å². The van der Waals surface area contributed by atoms with Crippen LogP contribution >= 0.6 is 0 Å². The molecule has 1 saturated heterocycles. The summed E-state index contributed by atoms with van der Waals surface area (Å²) in [6.07, 6.45) is -0.473. The van der Waals surface area contributed by atoms with Crippen molar-refractivity contribution in [2.24, 2.45) is 0 Å². The van der Waals surface area contributed by atoms with Crippen LogP contribution < -0.4 is 0 Å². The van der Waals surface area contributed by atoms with E-state index in [1.807, 2.05) is 0 Å². The SMILES string of the molecule is CN(C)C(=O)OC1[CH]OC1. The maximum Gasteiger partial charge on any atom is 0.409 e. The number of amides is 1. The van der Waals surface area contributed by atoms with Crippen molar-refractivity contribution in [3.8, 4) is 0 Å². The van der Waals surface area contributed by atoms with Gasteiger partial charge in [0.2, 0.25) is 0 Å². The number of carbonyl (C=O) groups excluding carboxylic acids is 1. The Kier molecular flexibility index (Phi) is 2.11. The van der Waals surface area contributed by atoms with E-state index in [4.69, 9.17) is 9.47 Å². The van der Waals surface area contributed by atoms with Gasteiger partial charge >= 0.3 is 6.09 Å². The van der Waals surface area contributed by atoms with Crippen LogP contribution in [0.2, 0.25) is 0 Å². The Bertz CT molecular complexity index is 131. The molecule has 10 heavy (non-hydrogen) atoms. The Morgan fingerprint density at radius 1 is 1.80 bits per heavy atom. The predicted octanol–water partition coefficient (Wildman–Crippen LogP) is 0.245. The van der Waals surface area contributed by atoms with E-state index in [2.05, 4.69) is 0 Å². The summed E-state index contributed by atoms with van der Waals surface area (Å²) in [7, 11) is 3.28. The molecule has 1 rings (SSSR count). The molecule has 1 fully saturated rings. The summed E-state index contributed by atoms with van der Waals surface area (Å²) in [5.41, 5.74) is 0. The molecule has 0 aromatic heterocycles. The van der Waals surface area contributed by atoms with Crippen LogP contribution in [0.15, 0.2) is 0 Å². The highest BCUT2D eigenvalue weighted by atomic mass is 16.6. The summed E-state index contributed by atoms with van der Waals surface area (Å²) in [6.45, 7) is 1.99. The molecule has 0 saturated carbocycles. The second kappa shape index (κ2) is 2.88. The third-order valence-electron chi connectivity index (χ3n) is 1.13. The van der Waals surface area contributed by atoms with Gasteiger partial charge in [-0.25, -0.2) is 4.79 Å². The van der Waals surface area contributed by atoms with E-state index in [0.717, 1.165) is 0 Å². The van der Waals surface area contributed by atoms with Crippen LogP contribution in [0.25, 0.3) is 0 Å². The standard InChI is InChI=1S/C6H10NO3/c1-7(2)6(8)10-5-3-9-4-5/h3,5H,4H2,1-2H3. The molecule has 4 heteroatoms. The minimum atomic E-state index is -0.329. The summed E-state index contributed by atoms with van der Waals surface area (Å²) in [6, 6.07) is 0. The van der Waals surface area contributed by atoms with Gasteiger partial charge in [0.15, 0.2) is 6.10 Å². The zero-order chi connectivity index (χ0) is 7.56. The highest BCUT2D eigenvalue weighted by molar-refractivity contribution is 5.67. The largest absolute Gasteiger partial charge is 0.441 e. The maximum atomic E-state index is 10.8. The number of nitrogens with zero attached hydrogens (tertiary/aromatic N) is 1. The number of hydrogen-bond donors (Lipinski definition) is 0. The molecular weight excluding hydrogens is 134 g/mol. The first-order valence-corrected chi connectivity index (χ1v) is 3.03. The lowest BCUT2D eigenvalue weighted by Crippen LogP contribution is -2.36. The topological polar surface area (TPSA) is 38.8 Å². The maximum absolute atomic E-state index is 10.8. The normalized spacial score (nSPS) is 17.8. The van der Waals surface area contributed by atoms with Crippen LogP contribution in [0.1, 0.15) is 0 Å². The van der Waals surface area contributed by atoms with E-state index in [1.165, 1.54) is 11.5 Å². The van der Waals surface area contributed by atoms with Gasteiger partial charge in [0.1, 0.15) is 6.61 Å². The van der Waals surface area contributed by atoms with Crippen LogP contribution in [0.5, 0.6) is 0 Å². The molecule has 4 nitrogen and oxygen atoms in total. The lowest BCUT2D eigenvalue weighted by molar-refractivity contribution is -0.0545. The fraction of sp³-hybridized carbons (Fsp3) is 0.667. The molecule has 1 heterocycles. The average molecular weight is 144 g/mol. The van der Waals surface area contributed by atoms with Crippen molar-refractivity contribution in [3.63, 3.8) is 0 Å². The van der Waals surface area contributed by atoms with Crippen LogP contribution in [0.3, 0.4) is 0 Å². The fourth-order valence-electron chi connectivity index (χ4n) is 0.471. The Morgan fingerprint density at radius 3 is 2.70 bits per heavy atom. The van der Waals surface area contributed by atoms with E-state index in [9.17, 15) is 4.79 Å². The molecular formula is C6H10NO3. The first-order chi connectivity index (χ1) is 4.70. The van der Waals surface area contributed by atoms with E-state index in [1.54, 1.807) is 14.1 Å². The Balaban J connectivity index is 2.17. The zero-order valence-corrected chi connectivity index (χ0v) is 6.03. The van der Waals surface area contributed by atoms with E-state index in [-0.39, 0.29) is 12.2 Å². The van der Waals surface area contributed by atoms with Gasteiger partial charge in [0.05, 0.1) is 6.61 Å². The number of hydrogen-bond acceptors (Lipinski definition) is 3. The lowest BCUT2D eigenvalue weighted by atomic mass is 10.3. The van der Waals surface area contributed by atoms with Crippen molar-refractivity contribution in [2.45, 2.75) is 6.10 Å². The van der Waals surface area contributed by atoms with Crippen LogP contribution in [-0.2, 0) is 9.47 Å². The second-order valence-electron chi connectivity index (χ2n) is 2.29. The highest BCUT2D eigenvalue weighted by Crippen LogP contribution is 2.11. The summed E-state index contributed by atoms with van der Waals surface area (Å²) in [5, 5.41) is 0. The minimum Gasteiger partial charge on any atom is -0.441 e. The summed E-state index contributed by atoms with van der Waals surface area (Å²) in [4.78, 5) is 12.2. The summed E-state index contributed by atoms with van der Waals surface area (Å²) in [5.74, 6) is 0. The van der Waals surface area contributed by atoms with Gasteiger partial charge in [-0.1, -0.05) is 0 Å². The fourth-order valence-corrected chi connectivity index (χ4v) is 0.471. The van der Waals surface area contributed by atoms with Gasteiger partial charge in [0.25, 0.3) is 0 Å². The predicted molar refractivity (Wildman–Crippen MR) is 34.2 cm³/mol. The molecule has 0 aromatic rings. The van der Waals surface area contributed by atoms with E-state index >= 15 is 0 Å². The third-order valence-corrected chi connectivity index (χ3v) is 1.13. The van der Waals surface area contributed by atoms with Gasteiger partial charge in [-0.15, -0.1) is 0 Å². The summed E-state index contributed by atoms with van der Waals surface area (Å²) < 4.78 is 9.55. The minimum absolute atomic E-state index is 0.144. The quantitative estimate of drug-likeness (QED) is 0.529. The molecule has 0 aromatic carbocycles. The smallest absolute Gasteiger partial charge is 0.409 e. The van der Waals surface area contributed by atoms with Gasteiger partial charge in [-0.3, -0.25) is 0 Å². The number of rotatable bonds is 1. The number of carbonyl (C=O) groups is 1. The van der Waals surface area contributed by atoms with Crippen LogP contribution in [0.4, 0.5) is 4.79 Å². The number of ether oxygens (including phenoxy) is 2. The van der Waals surface area contributed by atoms with E-state index < -0.39 is 0 Å². The molecule has 1 aliphatic heterocycles. The van der Waals surface area contributed by atoms with Crippen molar-refractivity contribution in [1.29, 1.82) is 0 Å². The molecule has 0 aliphatic carbocycles. The molecule has 57 valence electrons.